The molecule has 0 saturated heterocycles. The molecule has 0 saturated carbocycles. The first-order chi connectivity index (χ1) is 36.0. The number of hydrogen-bond acceptors (Lipinski definition) is 6. The number of carbonyl (C=O) groups excluding carboxylic acids is 3. The normalized spacial score (nSPS) is 12.1. The molecule has 1 atom stereocenters. The van der Waals surface area contributed by atoms with Gasteiger partial charge in [-0.2, -0.15) is 0 Å². The van der Waals surface area contributed by atoms with E-state index in [9.17, 15) is 14.4 Å². The Kier molecular flexibility index (Phi) is 60.6. The van der Waals surface area contributed by atoms with Gasteiger partial charge in [-0.25, -0.2) is 0 Å². The Morgan fingerprint density at radius 3 is 0.685 bits per heavy atom. The van der Waals surface area contributed by atoms with E-state index in [0.29, 0.717) is 19.3 Å². The summed E-state index contributed by atoms with van der Waals surface area (Å²) in [6.07, 6.45) is 74.8. The second-order valence-corrected chi connectivity index (χ2v) is 22.4. The van der Waals surface area contributed by atoms with E-state index in [1.54, 1.807) is 0 Å². The molecule has 73 heavy (non-hydrogen) atoms. The minimum atomic E-state index is -0.770. The zero-order valence-electron chi connectivity index (χ0n) is 49.4. The van der Waals surface area contributed by atoms with Crippen molar-refractivity contribution in [2.45, 2.75) is 374 Å². The fourth-order valence-electron chi connectivity index (χ4n) is 9.97. The van der Waals surface area contributed by atoms with Gasteiger partial charge in [-0.15, -0.1) is 0 Å². The first kappa shape index (κ1) is 70.9. The summed E-state index contributed by atoms with van der Waals surface area (Å²) < 4.78 is 16.9. The van der Waals surface area contributed by atoms with E-state index < -0.39 is 6.10 Å². The highest BCUT2D eigenvalue weighted by molar-refractivity contribution is 5.71. The van der Waals surface area contributed by atoms with Gasteiger partial charge in [0.2, 0.25) is 0 Å². The lowest BCUT2D eigenvalue weighted by molar-refractivity contribution is -0.167. The third-order valence-corrected chi connectivity index (χ3v) is 14.9. The molecule has 6 nitrogen and oxygen atoms in total. The molecule has 0 heterocycles. The Morgan fingerprint density at radius 2 is 0.452 bits per heavy atom. The Labute approximate surface area is 455 Å². The van der Waals surface area contributed by atoms with Crippen LogP contribution in [0.15, 0.2) is 24.3 Å². The average Bonchev–Trinajstić information content (AvgIpc) is 3.39. The van der Waals surface area contributed by atoms with E-state index in [-0.39, 0.29) is 31.1 Å². The van der Waals surface area contributed by atoms with Crippen molar-refractivity contribution in [3.8, 4) is 0 Å². The van der Waals surface area contributed by atoms with Crippen molar-refractivity contribution in [3.05, 3.63) is 24.3 Å². The molecule has 0 aliphatic heterocycles. The molecule has 1 unspecified atom stereocenters. The van der Waals surface area contributed by atoms with Crippen LogP contribution in [0.4, 0.5) is 0 Å². The van der Waals surface area contributed by atoms with Crippen LogP contribution >= 0.6 is 0 Å². The van der Waals surface area contributed by atoms with Crippen LogP contribution in [0.1, 0.15) is 367 Å². The fourth-order valence-corrected chi connectivity index (χ4v) is 9.97. The zero-order chi connectivity index (χ0) is 52.9. The maximum Gasteiger partial charge on any atom is 0.306 e. The van der Waals surface area contributed by atoms with Gasteiger partial charge < -0.3 is 14.2 Å². The van der Waals surface area contributed by atoms with E-state index in [0.717, 1.165) is 57.8 Å². The minimum absolute atomic E-state index is 0.0677. The Bertz CT molecular complexity index is 1180. The zero-order valence-corrected chi connectivity index (χ0v) is 49.4. The summed E-state index contributed by atoms with van der Waals surface area (Å²) >= 11 is 0. The lowest BCUT2D eigenvalue weighted by Gasteiger charge is -2.18. The molecule has 0 aromatic rings. The minimum Gasteiger partial charge on any atom is -0.462 e. The monoisotopic (exact) mass is 1030 g/mol. The van der Waals surface area contributed by atoms with Gasteiger partial charge in [0.15, 0.2) is 6.10 Å². The number of unbranched alkanes of at least 4 members (excludes halogenated alkanes) is 46. The molecule has 0 bridgehead atoms. The lowest BCUT2D eigenvalue weighted by atomic mass is 10.0. The molecule has 0 rings (SSSR count). The maximum atomic E-state index is 12.9. The Morgan fingerprint density at radius 1 is 0.260 bits per heavy atom. The number of allylic oxidation sites excluding steroid dienone is 4. The van der Waals surface area contributed by atoms with Gasteiger partial charge in [0, 0.05) is 19.3 Å². The van der Waals surface area contributed by atoms with Crippen LogP contribution < -0.4 is 0 Å². The van der Waals surface area contributed by atoms with Crippen LogP contribution in [0, 0.1) is 0 Å². The first-order valence-electron chi connectivity index (χ1n) is 32.8. The van der Waals surface area contributed by atoms with Gasteiger partial charge >= 0.3 is 17.9 Å². The molecule has 430 valence electrons. The summed E-state index contributed by atoms with van der Waals surface area (Å²) in [5.74, 6) is -0.847. The first-order valence-corrected chi connectivity index (χ1v) is 32.8. The van der Waals surface area contributed by atoms with Crippen molar-refractivity contribution in [1.82, 2.24) is 0 Å². The number of ether oxygens (including phenoxy) is 3. The van der Waals surface area contributed by atoms with E-state index in [1.807, 2.05) is 0 Å². The predicted octanol–water partition coefficient (Wildman–Crippen LogP) is 22.2. The van der Waals surface area contributed by atoms with Gasteiger partial charge in [-0.3, -0.25) is 14.4 Å². The smallest absolute Gasteiger partial charge is 0.306 e. The van der Waals surface area contributed by atoms with E-state index >= 15 is 0 Å². The summed E-state index contributed by atoms with van der Waals surface area (Å²) in [6.45, 7) is 6.69. The number of hydrogen-bond donors (Lipinski definition) is 0. The van der Waals surface area contributed by atoms with Crippen molar-refractivity contribution in [2.24, 2.45) is 0 Å². The van der Waals surface area contributed by atoms with Crippen LogP contribution in [0.25, 0.3) is 0 Å². The topological polar surface area (TPSA) is 78.9 Å². The molecule has 0 fully saturated rings. The van der Waals surface area contributed by atoms with Crippen LogP contribution in [0.5, 0.6) is 0 Å². The molecule has 0 radical (unpaired) electrons. The average molecular weight is 1030 g/mol. The van der Waals surface area contributed by atoms with Crippen molar-refractivity contribution in [3.63, 3.8) is 0 Å². The van der Waals surface area contributed by atoms with Crippen molar-refractivity contribution in [2.75, 3.05) is 13.2 Å². The van der Waals surface area contributed by atoms with E-state index in [1.165, 1.54) is 270 Å². The molecule has 0 spiro atoms. The highest BCUT2D eigenvalue weighted by Crippen LogP contribution is 2.18. The van der Waals surface area contributed by atoms with E-state index in [2.05, 4.69) is 45.1 Å². The van der Waals surface area contributed by atoms with Gasteiger partial charge in [-0.1, -0.05) is 302 Å². The number of carbonyl (C=O) groups is 3. The van der Waals surface area contributed by atoms with E-state index in [4.69, 9.17) is 14.2 Å². The van der Waals surface area contributed by atoms with Crippen molar-refractivity contribution in [1.29, 1.82) is 0 Å². The molecule has 0 aliphatic rings. The quantitative estimate of drug-likeness (QED) is 0.0261. The van der Waals surface area contributed by atoms with Crippen LogP contribution in [0.2, 0.25) is 0 Å². The maximum absolute atomic E-state index is 12.9. The van der Waals surface area contributed by atoms with Crippen LogP contribution in [-0.4, -0.2) is 37.2 Å². The highest BCUT2D eigenvalue weighted by atomic mass is 16.6. The van der Waals surface area contributed by atoms with Crippen molar-refractivity contribution < 1.29 is 28.6 Å². The molecule has 0 aromatic heterocycles. The number of rotatable bonds is 61. The molecular weight excluding hydrogens is 901 g/mol. The summed E-state index contributed by atoms with van der Waals surface area (Å²) in [6, 6.07) is 0. The molecule has 0 aromatic carbocycles. The lowest BCUT2D eigenvalue weighted by Crippen LogP contribution is -2.30. The Balaban J connectivity index is 4.22. The third-order valence-electron chi connectivity index (χ3n) is 14.9. The highest BCUT2D eigenvalue weighted by Gasteiger charge is 2.19. The van der Waals surface area contributed by atoms with Gasteiger partial charge in [-0.05, 0) is 70.6 Å². The van der Waals surface area contributed by atoms with Crippen LogP contribution in [0.3, 0.4) is 0 Å². The molecular formula is C67H126O6. The standard InChI is InChI=1S/C67H126O6/c1-4-7-10-13-16-19-22-25-27-29-31-32-33-34-35-36-37-39-40-42-45-48-51-54-57-60-66(69)72-63-64(62-71-65(68)59-56-53-50-47-44-24-21-18-15-12-9-6-3)73-67(70)61-58-55-52-49-46-43-41-38-30-28-26-23-20-17-14-11-8-5-2/h28-31,64H,4-27,32-63H2,1-3H3/b30-28-,31-29-. The fraction of sp³-hybridized carbons (Fsp3) is 0.896. The second kappa shape index (κ2) is 62.4. The van der Waals surface area contributed by atoms with Crippen molar-refractivity contribution >= 4 is 17.9 Å². The summed E-state index contributed by atoms with van der Waals surface area (Å²) in [4.78, 5) is 38.3. The SMILES string of the molecule is CCCCCCCCC/C=C\CCCCCCCCCC(=O)OC(COC(=O)CCCCCCCCCCCCCC)COC(=O)CCCCCCCCCCCCCCC/C=C\CCCCCCCCCC. The van der Waals surface area contributed by atoms with Gasteiger partial charge in [0.1, 0.15) is 13.2 Å². The molecule has 6 heteroatoms. The van der Waals surface area contributed by atoms with Gasteiger partial charge in [0.05, 0.1) is 0 Å². The molecule has 0 N–H and O–H groups in total. The largest absolute Gasteiger partial charge is 0.462 e. The predicted molar refractivity (Wildman–Crippen MR) is 316 cm³/mol. The molecule has 0 amide bonds. The molecule has 0 aliphatic carbocycles. The second-order valence-electron chi connectivity index (χ2n) is 22.4. The summed E-state index contributed by atoms with van der Waals surface area (Å²) in [5, 5.41) is 0. The summed E-state index contributed by atoms with van der Waals surface area (Å²) in [7, 11) is 0. The van der Waals surface area contributed by atoms with Crippen LogP contribution in [-0.2, 0) is 28.6 Å². The summed E-state index contributed by atoms with van der Waals surface area (Å²) in [5.41, 5.74) is 0. The third kappa shape index (κ3) is 60.6. The Hall–Kier alpha value is -2.11. The number of esters is 3. The van der Waals surface area contributed by atoms with Gasteiger partial charge in [0.25, 0.3) is 0 Å².